The molecule has 0 radical (unpaired) electrons. The summed E-state index contributed by atoms with van der Waals surface area (Å²) in [7, 11) is 1.59. The molecule has 0 heterocycles. The molecule has 0 aliphatic heterocycles. The maximum atomic E-state index is 13.9. The second kappa shape index (κ2) is 3.98. The molecule has 1 saturated carbocycles. The van der Waals surface area contributed by atoms with Gasteiger partial charge in [0.2, 0.25) is 0 Å². The van der Waals surface area contributed by atoms with Crippen molar-refractivity contribution in [3.05, 3.63) is 28.6 Å². The monoisotopic (exact) mass is 237 g/mol. The summed E-state index contributed by atoms with van der Waals surface area (Å²) in [5.41, 5.74) is 8.64. The highest BCUT2D eigenvalue weighted by Gasteiger charge is 2.49. The lowest BCUT2D eigenvalue weighted by atomic mass is 9.85. The molecule has 2 nitrogen and oxygen atoms in total. The molecule has 2 rings (SSSR count). The van der Waals surface area contributed by atoms with Crippen molar-refractivity contribution >= 4 is 0 Å². The third kappa shape index (κ3) is 1.73. The van der Waals surface area contributed by atoms with Gasteiger partial charge in [-0.3, -0.25) is 0 Å². The van der Waals surface area contributed by atoms with E-state index in [1.165, 1.54) is 0 Å². The lowest BCUT2D eigenvalue weighted by Crippen LogP contribution is -2.32. The van der Waals surface area contributed by atoms with E-state index in [1.807, 2.05) is 13.8 Å². The van der Waals surface area contributed by atoms with Gasteiger partial charge in [0.05, 0.1) is 7.11 Å². The summed E-state index contributed by atoms with van der Waals surface area (Å²) in [6, 6.07) is 1.69. The normalized spacial score (nSPS) is 18.9. The molecule has 3 heteroatoms. The molecule has 17 heavy (non-hydrogen) atoms. The first kappa shape index (κ1) is 12.4. The topological polar surface area (TPSA) is 35.2 Å². The van der Waals surface area contributed by atoms with Crippen LogP contribution in [-0.2, 0) is 5.41 Å². The summed E-state index contributed by atoms with van der Waals surface area (Å²) < 4.78 is 19.2. The third-order valence-corrected chi connectivity index (χ3v) is 4.12. The van der Waals surface area contributed by atoms with E-state index in [9.17, 15) is 4.39 Å². The van der Waals surface area contributed by atoms with Gasteiger partial charge in [0.15, 0.2) is 0 Å². The molecule has 0 bridgehead atoms. The van der Waals surface area contributed by atoms with Gasteiger partial charge >= 0.3 is 0 Å². The first-order valence-corrected chi connectivity index (χ1v) is 6.04. The molecule has 94 valence electrons. The summed E-state index contributed by atoms with van der Waals surface area (Å²) >= 11 is 0. The Morgan fingerprint density at radius 3 is 2.35 bits per heavy atom. The fourth-order valence-electron chi connectivity index (χ4n) is 2.78. The molecule has 1 aliphatic carbocycles. The molecule has 0 amide bonds. The Balaban J connectivity index is 2.60. The average Bonchev–Trinajstić information content (AvgIpc) is 3.05. The molecular formula is C14H20FNO. The van der Waals surface area contributed by atoms with Crippen LogP contribution >= 0.6 is 0 Å². The van der Waals surface area contributed by atoms with Gasteiger partial charge < -0.3 is 10.5 Å². The number of benzene rings is 1. The van der Waals surface area contributed by atoms with Crippen LogP contribution in [0.2, 0.25) is 0 Å². The van der Waals surface area contributed by atoms with Crippen molar-refractivity contribution in [2.45, 2.75) is 45.1 Å². The fourth-order valence-corrected chi connectivity index (χ4v) is 2.78. The number of ether oxygens (including phenoxy) is 1. The zero-order valence-corrected chi connectivity index (χ0v) is 10.9. The van der Waals surface area contributed by atoms with Gasteiger partial charge in [0, 0.05) is 17.0 Å². The average molecular weight is 237 g/mol. The van der Waals surface area contributed by atoms with Crippen molar-refractivity contribution in [2.24, 2.45) is 5.73 Å². The molecule has 1 aliphatic rings. The Bertz CT molecular complexity index is 450. The van der Waals surface area contributed by atoms with Crippen LogP contribution in [0.4, 0.5) is 4.39 Å². The van der Waals surface area contributed by atoms with Crippen LogP contribution < -0.4 is 10.5 Å². The SMILES string of the molecule is COc1c(C)c(F)cc(C2(C(C)N)CC2)c1C. The minimum atomic E-state index is -0.200. The lowest BCUT2D eigenvalue weighted by molar-refractivity contribution is 0.401. The summed E-state index contributed by atoms with van der Waals surface area (Å²) in [5, 5.41) is 0. The molecule has 0 spiro atoms. The quantitative estimate of drug-likeness (QED) is 0.877. The van der Waals surface area contributed by atoms with E-state index in [-0.39, 0.29) is 17.3 Å². The Hall–Kier alpha value is -1.09. The van der Waals surface area contributed by atoms with Gasteiger partial charge in [0.25, 0.3) is 0 Å². The van der Waals surface area contributed by atoms with E-state index >= 15 is 0 Å². The highest BCUT2D eigenvalue weighted by molar-refractivity contribution is 5.51. The number of methoxy groups -OCH3 is 1. The van der Waals surface area contributed by atoms with Crippen molar-refractivity contribution in [3.63, 3.8) is 0 Å². The van der Waals surface area contributed by atoms with Gasteiger partial charge in [-0.15, -0.1) is 0 Å². The Labute approximate surface area is 102 Å². The van der Waals surface area contributed by atoms with E-state index < -0.39 is 0 Å². The largest absolute Gasteiger partial charge is 0.496 e. The highest BCUT2D eigenvalue weighted by Crippen LogP contribution is 2.53. The Kier molecular flexibility index (Phi) is 2.90. The van der Waals surface area contributed by atoms with Gasteiger partial charge in [-0.1, -0.05) is 0 Å². The molecule has 0 saturated heterocycles. The molecule has 1 aromatic carbocycles. The van der Waals surface area contributed by atoms with Crippen LogP contribution in [0, 0.1) is 19.7 Å². The van der Waals surface area contributed by atoms with Crippen LogP contribution in [-0.4, -0.2) is 13.2 Å². The summed E-state index contributed by atoms with van der Waals surface area (Å²) in [6.45, 7) is 5.73. The van der Waals surface area contributed by atoms with Crippen molar-refractivity contribution in [1.29, 1.82) is 0 Å². The van der Waals surface area contributed by atoms with Crippen molar-refractivity contribution in [2.75, 3.05) is 7.11 Å². The van der Waals surface area contributed by atoms with E-state index in [0.717, 1.165) is 24.0 Å². The van der Waals surface area contributed by atoms with Crippen LogP contribution in [0.1, 0.15) is 36.5 Å². The zero-order chi connectivity index (χ0) is 12.8. The smallest absolute Gasteiger partial charge is 0.130 e. The molecular weight excluding hydrogens is 217 g/mol. The van der Waals surface area contributed by atoms with Crippen molar-refractivity contribution in [1.82, 2.24) is 0 Å². The molecule has 1 fully saturated rings. The minimum absolute atomic E-state index is 0.0358. The second-order valence-corrected chi connectivity index (χ2v) is 5.13. The van der Waals surface area contributed by atoms with Crippen molar-refractivity contribution < 1.29 is 9.13 Å². The first-order valence-electron chi connectivity index (χ1n) is 6.04. The first-order chi connectivity index (χ1) is 7.94. The number of rotatable bonds is 3. The second-order valence-electron chi connectivity index (χ2n) is 5.13. The fraction of sp³-hybridized carbons (Fsp3) is 0.571. The van der Waals surface area contributed by atoms with Gasteiger partial charge in [-0.25, -0.2) is 4.39 Å². The summed E-state index contributed by atoms with van der Waals surface area (Å²) in [6.07, 6.45) is 2.08. The zero-order valence-electron chi connectivity index (χ0n) is 10.9. The van der Waals surface area contributed by atoms with E-state index in [1.54, 1.807) is 20.1 Å². The maximum Gasteiger partial charge on any atom is 0.130 e. The number of nitrogens with two attached hydrogens (primary N) is 1. The molecule has 0 aromatic heterocycles. The van der Waals surface area contributed by atoms with Gasteiger partial charge in [0.1, 0.15) is 11.6 Å². The number of halogens is 1. The van der Waals surface area contributed by atoms with E-state index in [2.05, 4.69) is 0 Å². The molecule has 1 unspecified atom stereocenters. The standard InChI is InChI=1S/C14H20FNO/c1-8-11(14(5-6-14)10(3)16)7-12(15)9(2)13(8)17-4/h7,10H,5-6,16H2,1-4H3. The predicted octanol–water partition coefficient (Wildman–Crippen LogP) is 2.83. The minimum Gasteiger partial charge on any atom is -0.496 e. The molecule has 2 N–H and O–H groups in total. The maximum absolute atomic E-state index is 13.9. The number of hydrogen-bond acceptors (Lipinski definition) is 2. The van der Waals surface area contributed by atoms with Crippen molar-refractivity contribution in [3.8, 4) is 5.75 Å². The van der Waals surface area contributed by atoms with Crippen LogP contribution in [0.25, 0.3) is 0 Å². The highest BCUT2D eigenvalue weighted by atomic mass is 19.1. The summed E-state index contributed by atoms with van der Waals surface area (Å²) in [4.78, 5) is 0. The van der Waals surface area contributed by atoms with Crippen LogP contribution in [0.5, 0.6) is 5.75 Å². The molecule has 1 atom stereocenters. The van der Waals surface area contributed by atoms with Crippen LogP contribution in [0.15, 0.2) is 6.07 Å². The Morgan fingerprint density at radius 1 is 1.35 bits per heavy atom. The molecule has 1 aromatic rings. The van der Waals surface area contributed by atoms with Gasteiger partial charge in [-0.2, -0.15) is 0 Å². The lowest BCUT2D eigenvalue weighted by Gasteiger charge is -2.24. The predicted molar refractivity (Wildman–Crippen MR) is 67.0 cm³/mol. The van der Waals surface area contributed by atoms with Crippen LogP contribution in [0.3, 0.4) is 0 Å². The third-order valence-electron chi connectivity index (χ3n) is 4.12. The summed E-state index contributed by atoms with van der Waals surface area (Å²) in [5.74, 6) is 0.460. The van der Waals surface area contributed by atoms with Gasteiger partial charge in [-0.05, 0) is 50.8 Å². The number of hydrogen-bond donors (Lipinski definition) is 1. The van der Waals surface area contributed by atoms with E-state index in [0.29, 0.717) is 11.3 Å². The Morgan fingerprint density at radius 2 is 1.94 bits per heavy atom. The van der Waals surface area contributed by atoms with E-state index in [4.69, 9.17) is 10.5 Å².